The average Bonchev–Trinajstić information content (AvgIpc) is 2.27. The summed E-state index contributed by atoms with van der Waals surface area (Å²) in [4.78, 5) is 10.7. The third-order valence-corrected chi connectivity index (χ3v) is 2.20. The van der Waals surface area contributed by atoms with Crippen LogP contribution in [0.1, 0.15) is 12.5 Å². The van der Waals surface area contributed by atoms with Crippen LogP contribution in [0.3, 0.4) is 0 Å². The number of benzene rings is 1. The van der Waals surface area contributed by atoms with E-state index in [9.17, 15) is 4.79 Å². The quantitative estimate of drug-likeness (QED) is 0.734. The number of aliphatic carboxylic acids is 1. The van der Waals surface area contributed by atoms with Gasteiger partial charge in [0, 0.05) is 6.42 Å². The molecule has 1 aromatic carbocycles. The van der Waals surface area contributed by atoms with Crippen LogP contribution in [0.4, 0.5) is 0 Å². The maximum atomic E-state index is 10.7. The van der Waals surface area contributed by atoms with Gasteiger partial charge in [0.1, 0.15) is 18.4 Å². The van der Waals surface area contributed by atoms with Crippen molar-refractivity contribution in [1.29, 1.82) is 0 Å². The van der Waals surface area contributed by atoms with Gasteiger partial charge in [-0.2, -0.15) is 0 Å². The zero-order chi connectivity index (χ0) is 12.8. The largest absolute Gasteiger partial charge is 0.489 e. The van der Waals surface area contributed by atoms with Crippen LogP contribution < -0.4 is 10.5 Å². The fraction of sp³-hybridized carbons (Fsp3) is 0.308. The molecular weight excluding hydrogens is 218 g/mol. The van der Waals surface area contributed by atoms with Crippen molar-refractivity contribution in [3.05, 3.63) is 42.0 Å². The first kappa shape index (κ1) is 13.3. The minimum atomic E-state index is -1.01. The van der Waals surface area contributed by atoms with Gasteiger partial charge >= 0.3 is 5.97 Å². The normalized spacial score (nSPS) is 11.9. The summed E-state index contributed by atoms with van der Waals surface area (Å²) in [6.45, 7) is 6.03. The minimum Gasteiger partial charge on any atom is -0.489 e. The van der Waals surface area contributed by atoms with Crippen LogP contribution in [0.5, 0.6) is 5.75 Å². The van der Waals surface area contributed by atoms with E-state index in [0.717, 1.165) is 11.1 Å². The monoisotopic (exact) mass is 235 g/mol. The van der Waals surface area contributed by atoms with Crippen molar-refractivity contribution in [1.82, 2.24) is 0 Å². The van der Waals surface area contributed by atoms with Gasteiger partial charge in [0.2, 0.25) is 0 Å². The van der Waals surface area contributed by atoms with E-state index in [4.69, 9.17) is 15.6 Å². The summed E-state index contributed by atoms with van der Waals surface area (Å²) >= 11 is 0. The molecule has 0 bridgehead atoms. The SMILES string of the molecule is C=C(C)COc1ccccc1CC(N)C(=O)O. The predicted molar refractivity (Wildman–Crippen MR) is 66.1 cm³/mol. The molecule has 1 atom stereocenters. The Morgan fingerprint density at radius 1 is 1.53 bits per heavy atom. The van der Waals surface area contributed by atoms with Gasteiger partial charge in [-0.3, -0.25) is 4.79 Å². The zero-order valence-electron chi connectivity index (χ0n) is 9.85. The zero-order valence-corrected chi connectivity index (χ0v) is 9.85. The summed E-state index contributed by atoms with van der Waals surface area (Å²) in [5.41, 5.74) is 7.20. The van der Waals surface area contributed by atoms with Crippen molar-refractivity contribution in [2.45, 2.75) is 19.4 Å². The van der Waals surface area contributed by atoms with Crippen molar-refractivity contribution < 1.29 is 14.6 Å². The first-order valence-electron chi connectivity index (χ1n) is 5.34. The second-order valence-corrected chi connectivity index (χ2v) is 4.00. The molecule has 1 aromatic rings. The van der Waals surface area contributed by atoms with Crippen LogP contribution in [0.2, 0.25) is 0 Å². The molecule has 0 heterocycles. The Balaban J connectivity index is 2.77. The highest BCUT2D eigenvalue weighted by Crippen LogP contribution is 2.19. The molecule has 0 aromatic heterocycles. The number of carboxylic acid groups (broad SMARTS) is 1. The van der Waals surface area contributed by atoms with Gasteiger partial charge in [-0.15, -0.1) is 0 Å². The molecule has 0 fully saturated rings. The molecule has 0 spiro atoms. The number of rotatable bonds is 6. The van der Waals surface area contributed by atoms with Gasteiger partial charge < -0.3 is 15.6 Å². The predicted octanol–water partition coefficient (Wildman–Crippen LogP) is 1.60. The highest BCUT2D eigenvalue weighted by molar-refractivity contribution is 5.73. The Kier molecular flexibility index (Phi) is 4.72. The van der Waals surface area contributed by atoms with E-state index in [1.165, 1.54) is 0 Å². The van der Waals surface area contributed by atoms with Crippen LogP contribution in [-0.4, -0.2) is 23.7 Å². The second kappa shape index (κ2) is 6.06. The number of ether oxygens (including phenoxy) is 1. The molecule has 17 heavy (non-hydrogen) atoms. The molecule has 0 aliphatic heterocycles. The van der Waals surface area contributed by atoms with Gasteiger partial charge in [-0.05, 0) is 24.1 Å². The van der Waals surface area contributed by atoms with E-state index in [0.29, 0.717) is 12.4 Å². The van der Waals surface area contributed by atoms with Crippen LogP contribution in [-0.2, 0) is 11.2 Å². The third kappa shape index (κ3) is 4.28. The Hall–Kier alpha value is -1.81. The molecule has 1 rings (SSSR count). The Morgan fingerprint density at radius 3 is 2.76 bits per heavy atom. The smallest absolute Gasteiger partial charge is 0.320 e. The van der Waals surface area contributed by atoms with Gasteiger partial charge in [-0.1, -0.05) is 24.8 Å². The standard InChI is InChI=1S/C13H17NO3/c1-9(2)8-17-12-6-4-3-5-10(12)7-11(14)13(15)16/h3-6,11H,1,7-8,14H2,2H3,(H,15,16). The van der Waals surface area contributed by atoms with Crippen molar-refractivity contribution in [3.63, 3.8) is 0 Å². The molecule has 4 heteroatoms. The fourth-order valence-electron chi connectivity index (χ4n) is 1.34. The lowest BCUT2D eigenvalue weighted by molar-refractivity contribution is -0.138. The Labute approximate surface area is 101 Å². The minimum absolute atomic E-state index is 0.252. The summed E-state index contributed by atoms with van der Waals surface area (Å²) in [5, 5.41) is 8.77. The van der Waals surface area contributed by atoms with Gasteiger partial charge in [0.05, 0.1) is 0 Å². The maximum Gasteiger partial charge on any atom is 0.320 e. The number of para-hydroxylation sites is 1. The topological polar surface area (TPSA) is 72.5 Å². The van der Waals surface area contributed by atoms with E-state index < -0.39 is 12.0 Å². The molecule has 0 saturated carbocycles. The Morgan fingerprint density at radius 2 is 2.18 bits per heavy atom. The Bertz CT molecular complexity index is 415. The van der Waals surface area contributed by atoms with E-state index >= 15 is 0 Å². The van der Waals surface area contributed by atoms with Crippen molar-refractivity contribution in [2.75, 3.05) is 6.61 Å². The number of nitrogens with two attached hydrogens (primary N) is 1. The van der Waals surface area contributed by atoms with E-state index in [-0.39, 0.29) is 6.42 Å². The number of carbonyl (C=O) groups is 1. The van der Waals surface area contributed by atoms with Gasteiger partial charge in [0.25, 0.3) is 0 Å². The number of hydrogen-bond donors (Lipinski definition) is 2. The van der Waals surface area contributed by atoms with Crippen LogP contribution in [0.25, 0.3) is 0 Å². The number of hydrogen-bond acceptors (Lipinski definition) is 3. The molecule has 0 radical (unpaired) electrons. The summed E-state index contributed by atoms with van der Waals surface area (Å²) in [6, 6.07) is 6.37. The van der Waals surface area contributed by atoms with Crippen molar-refractivity contribution >= 4 is 5.97 Å². The maximum absolute atomic E-state index is 10.7. The summed E-state index contributed by atoms with van der Waals surface area (Å²) in [7, 11) is 0. The summed E-state index contributed by atoms with van der Waals surface area (Å²) in [6.07, 6.45) is 0.252. The van der Waals surface area contributed by atoms with Crippen molar-refractivity contribution in [3.8, 4) is 5.75 Å². The lowest BCUT2D eigenvalue weighted by Gasteiger charge is -2.13. The van der Waals surface area contributed by atoms with Crippen LogP contribution >= 0.6 is 0 Å². The van der Waals surface area contributed by atoms with Crippen molar-refractivity contribution in [2.24, 2.45) is 5.73 Å². The molecule has 0 aliphatic carbocycles. The highest BCUT2D eigenvalue weighted by Gasteiger charge is 2.14. The summed E-state index contributed by atoms with van der Waals surface area (Å²) < 4.78 is 5.53. The average molecular weight is 235 g/mol. The first-order valence-corrected chi connectivity index (χ1v) is 5.34. The van der Waals surface area contributed by atoms with Gasteiger partial charge in [-0.25, -0.2) is 0 Å². The van der Waals surface area contributed by atoms with Gasteiger partial charge in [0.15, 0.2) is 0 Å². The molecule has 0 saturated heterocycles. The summed E-state index contributed by atoms with van der Waals surface area (Å²) in [5.74, 6) is -0.355. The second-order valence-electron chi connectivity index (χ2n) is 4.00. The van der Waals surface area contributed by atoms with E-state index in [1.807, 2.05) is 25.1 Å². The number of carboxylic acids is 1. The van der Waals surface area contributed by atoms with E-state index in [2.05, 4.69) is 6.58 Å². The highest BCUT2D eigenvalue weighted by atomic mass is 16.5. The molecule has 3 N–H and O–H groups in total. The molecule has 4 nitrogen and oxygen atoms in total. The fourth-order valence-corrected chi connectivity index (χ4v) is 1.34. The molecule has 0 amide bonds. The van der Waals surface area contributed by atoms with E-state index in [1.54, 1.807) is 6.07 Å². The molecule has 1 unspecified atom stereocenters. The third-order valence-electron chi connectivity index (χ3n) is 2.20. The lowest BCUT2D eigenvalue weighted by atomic mass is 10.1. The van der Waals surface area contributed by atoms with Crippen LogP contribution in [0, 0.1) is 0 Å². The lowest BCUT2D eigenvalue weighted by Crippen LogP contribution is -2.32. The molecular formula is C13H17NO3. The van der Waals surface area contributed by atoms with Crippen LogP contribution in [0.15, 0.2) is 36.4 Å². The first-order chi connectivity index (χ1) is 8.00. The molecule has 0 aliphatic rings. The molecule has 92 valence electrons.